The van der Waals surface area contributed by atoms with Crippen LogP contribution in [0.3, 0.4) is 0 Å². The number of hydrogen-bond donors (Lipinski definition) is 0. The van der Waals surface area contributed by atoms with Crippen molar-refractivity contribution in [2.45, 2.75) is 26.7 Å². The molecule has 0 saturated heterocycles. The smallest absolute Gasteiger partial charge is 0.325 e. The first-order chi connectivity index (χ1) is 8.30. The van der Waals surface area contributed by atoms with E-state index in [0.29, 0.717) is 13.0 Å². The summed E-state index contributed by atoms with van der Waals surface area (Å²) in [6, 6.07) is 0. The second kappa shape index (κ2) is 8.07. The van der Waals surface area contributed by atoms with Gasteiger partial charge in [0, 0.05) is 19.2 Å². The van der Waals surface area contributed by atoms with E-state index in [9.17, 15) is 18.0 Å². The summed E-state index contributed by atoms with van der Waals surface area (Å²) in [5, 5.41) is 0. The highest BCUT2D eigenvalue weighted by Crippen LogP contribution is 2.00. The van der Waals surface area contributed by atoms with Gasteiger partial charge >= 0.3 is 5.97 Å². The minimum absolute atomic E-state index is 0.0990. The van der Waals surface area contributed by atoms with Gasteiger partial charge in [0.25, 0.3) is 0 Å². The van der Waals surface area contributed by atoms with Gasteiger partial charge in [-0.2, -0.15) is 0 Å². The van der Waals surface area contributed by atoms with Crippen LogP contribution < -0.4 is 0 Å². The zero-order valence-electron chi connectivity index (χ0n) is 11.1. The number of sulfone groups is 1. The summed E-state index contributed by atoms with van der Waals surface area (Å²) in [4.78, 5) is 24.4. The summed E-state index contributed by atoms with van der Waals surface area (Å²) in [7, 11) is -3.17. The molecule has 0 aromatic heterocycles. The average Bonchev–Trinajstić information content (AvgIpc) is 2.24. The van der Waals surface area contributed by atoms with Crippen molar-refractivity contribution in [3.05, 3.63) is 0 Å². The molecular weight excluding hydrogens is 258 g/mol. The Balaban J connectivity index is 4.39. The van der Waals surface area contributed by atoms with Crippen molar-refractivity contribution in [2.75, 3.05) is 31.7 Å². The first-order valence-corrected chi connectivity index (χ1v) is 7.97. The molecule has 0 N–H and O–H groups in total. The van der Waals surface area contributed by atoms with Crippen LogP contribution in [0, 0.1) is 0 Å². The van der Waals surface area contributed by atoms with E-state index in [1.54, 1.807) is 6.92 Å². The highest BCUT2D eigenvalue weighted by atomic mass is 32.2. The van der Waals surface area contributed by atoms with Crippen LogP contribution in [0.15, 0.2) is 0 Å². The van der Waals surface area contributed by atoms with Crippen molar-refractivity contribution in [3.8, 4) is 0 Å². The van der Waals surface area contributed by atoms with Crippen LogP contribution in [0.1, 0.15) is 26.7 Å². The van der Waals surface area contributed by atoms with Gasteiger partial charge in [0.1, 0.15) is 16.4 Å². The second-order valence-electron chi connectivity index (χ2n) is 4.00. The molecule has 0 rings (SSSR count). The molecular formula is C11H21NO5S. The molecule has 0 saturated carbocycles. The molecule has 7 heteroatoms. The van der Waals surface area contributed by atoms with E-state index in [0.717, 1.165) is 6.26 Å². The lowest BCUT2D eigenvalue weighted by Crippen LogP contribution is -2.37. The van der Waals surface area contributed by atoms with Crippen LogP contribution in [-0.2, 0) is 24.2 Å². The number of amides is 1. The second-order valence-corrected chi connectivity index (χ2v) is 6.26. The van der Waals surface area contributed by atoms with Crippen LogP contribution in [0.5, 0.6) is 0 Å². The molecule has 0 aliphatic rings. The van der Waals surface area contributed by atoms with Crippen LogP contribution in [0.25, 0.3) is 0 Å². The summed E-state index contributed by atoms with van der Waals surface area (Å²) in [6.07, 6.45) is 1.68. The molecule has 0 aromatic rings. The fraction of sp³-hybridized carbons (Fsp3) is 0.818. The zero-order valence-corrected chi connectivity index (χ0v) is 12.0. The predicted octanol–water partition coefficient (Wildman–Crippen LogP) is 0.223. The van der Waals surface area contributed by atoms with E-state index < -0.39 is 15.8 Å². The Morgan fingerprint density at radius 2 is 1.83 bits per heavy atom. The number of esters is 1. The van der Waals surface area contributed by atoms with E-state index in [-0.39, 0.29) is 31.2 Å². The lowest BCUT2D eigenvalue weighted by atomic mass is 10.3. The van der Waals surface area contributed by atoms with E-state index in [1.165, 1.54) is 4.90 Å². The predicted molar refractivity (Wildman–Crippen MR) is 67.8 cm³/mol. The number of hydrogen-bond acceptors (Lipinski definition) is 5. The molecule has 0 aromatic carbocycles. The summed E-state index contributed by atoms with van der Waals surface area (Å²) < 4.78 is 26.7. The summed E-state index contributed by atoms with van der Waals surface area (Å²) in [6.45, 7) is 4.12. The van der Waals surface area contributed by atoms with Crippen molar-refractivity contribution < 1.29 is 22.7 Å². The fourth-order valence-corrected chi connectivity index (χ4v) is 1.90. The van der Waals surface area contributed by atoms with Gasteiger partial charge in [0.2, 0.25) is 5.91 Å². The van der Waals surface area contributed by atoms with Crippen LogP contribution in [-0.4, -0.2) is 56.9 Å². The minimum atomic E-state index is -3.17. The standard InChI is InChI=1S/C11H21NO5S/c1-4-7-12(9-11(14)17-5-2)10(13)6-8-18(3,15)16/h4-9H2,1-3H3. The average molecular weight is 279 g/mol. The highest BCUT2D eigenvalue weighted by Gasteiger charge is 2.18. The molecule has 0 atom stereocenters. The molecule has 106 valence electrons. The van der Waals surface area contributed by atoms with E-state index >= 15 is 0 Å². The van der Waals surface area contributed by atoms with Gasteiger partial charge < -0.3 is 9.64 Å². The molecule has 0 aliphatic carbocycles. The van der Waals surface area contributed by atoms with Gasteiger partial charge in [-0.1, -0.05) is 6.92 Å². The van der Waals surface area contributed by atoms with Crippen LogP contribution in [0.4, 0.5) is 0 Å². The maximum Gasteiger partial charge on any atom is 0.325 e. The Hall–Kier alpha value is -1.11. The topological polar surface area (TPSA) is 80.8 Å². The molecule has 1 amide bonds. The third kappa shape index (κ3) is 8.05. The van der Waals surface area contributed by atoms with Crippen molar-refractivity contribution >= 4 is 21.7 Å². The first-order valence-electron chi connectivity index (χ1n) is 5.91. The molecule has 0 aliphatic heterocycles. The Kier molecular flexibility index (Phi) is 7.58. The van der Waals surface area contributed by atoms with Crippen molar-refractivity contribution in [3.63, 3.8) is 0 Å². The normalized spacial score (nSPS) is 11.1. The molecule has 18 heavy (non-hydrogen) atoms. The fourth-order valence-electron chi connectivity index (χ4n) is 1.36. The van der Waals surface area contributed by atoms with E-state index in [2.05, 4.69) is 0 Å². The third-order valence-electron chi connectivity index (χ3n) is 2.16. The number of nitrogens with zero attached hydrogens (tertiary/aromatic N) is 1. The van der Waals surface area contributed by atoms with Crippen LogP contribution in [0.2, 0.25) is 0 Å². The lowest BCUT2D eigenvalue weighted by Gasteiger charge is -2.20. The third-order valence-corrected chi connectivity index (χ3v) is 3.10. The van der Waals surface area contributed by atoms with Gasteiger partial charge in [0.15, 0.2) is 0 Å². The molecule has 0 unspecified atom stereocenters. The molecule has 0 spiro atoms. The van der Waals surface area contributed by atoms with E-state index in [4.69, 9.17) is 4.74 Å². The molecule has 6 nitrogen and oxygen atoms in total. The van der Waals surface area contributed by atoms with E-state index in [1.807, 2.05) is 6.92 Å². The maximum absolute atomic E-state index is 11.8. The van der Waals surface area contributed by atoms with Gasteiger partial charge in [-0.3, -0.25) is 9.59 Å². The Morgan fingerprint density at radius 1 is 1.22 bits per heavy atom. The number of carbonyl (C=O) groups is 2. The molecule has 0 heterocycles. The highest BCUT2D eigenvalue weighted by molar-refractivity contribution is 7.90. The maximum atomic E-state index is 11.8. The number of rotatable bonds is 8. The van der Waals surface area contributed by atoms with Crippen molar-refractivity contribution in [1.29, 1.82) is 0 Å². The summed E-state index contributed by atoms with van der Waals surface area (Å²) in [5.74, 6) is -1.01. The zero-order chi connectivity index (χ0) is 14.2. The summed E-state index contributed by atoms with van der Waals surface area (Å²) in [5.41, 5.74) is 0. The van der Waals surface area contributed by atoms with Crippen molar-refractivity contribution in [2.24, 2.45) is 0 Å². The molecule has 0 radical (unpaired) electrons. The Labute approximate surface area is 108 Å². The molecule has 0 fully saturated rings. The number of carbonyl (C=O) groups excluding carboxylic acids is 2. The van der Waals surface area contributed by atoms with Gasteiger partial charge in [-0.05, 0) is 13.3 Å². The van der Waals surface area contributed by atoms with Gasteiger partial charge in [-0.25, -0.2) is 8.42 Å². The number of ether oxygens (including phenoxy) is 1. The molecule has 0 bridgehead atoms. The SMILES string of the molecule is CCCN(CC(=O)OCC)C(=O)CCS(C)(=O)=O. The van der Waals surface area contributed by atoms with Gasteiger partial charge in [0.05, 0.1) is 12.4 Å². The quantitative estimate of drug-likeness (QED) is 0.594. The lowest BCUT2D eigenvalue weighted by molar-refractivity contribution is -0.148. The summed E-state index contributed by atoms with van der Waals surface area (Å²) >= 11 is 0. The largest absolute Gasteiger partial charge is 0.465 e. The minimum Gasteiger partial charge on any atom is -0.465 e. The monoisotopic (exact) mass is 279 g/mol. The Morgan fingerprint density at radius 3 is 2.28 bits per heavy atom. The van der Waals surface area contributed by atoms with Crippen LogP contribution >= 0.6 is 0 Å². The Bertz CT molecular complexity index is 377. The first kappa shape index (κ1) is 16.9. The van der Waals surface area contributed by atoms with Gasteiger partial charge in [-0.15, -0.1) is 0 Å². The van der Waals surface area contributed by atoms with Crippen molar-refractivity contribution in [1.82, 2.24) is 4.90 Å².